The van der Waals surface area contributed by atoms with Crippen LogP contribution in [0.15, 0.2) is 40.4 Å². The minimum Gasteiger partial charge on any atom is -0.490 e. The van der Waals surface area contributed by atoms with Crippen molar-refractivity contribution in [2.24, 2.45) is 0 Å². The molecule has 1 aliphatic rings. The van der Waals surface area contributed by atoms with Gasteiger partial charge in [0.05, 0.1) is 16.8 Å². The Hall–Kier alpha value is -3.57. The number of imide groups is 2. The molecule has 0 atom stereocenters. The first-order valence-corrected chi connectivity index (χ1v) is 10.6. The van der Waals surface area contributed by atoms with Crippen molar-refractivity contribution in [2.75, 3.05) is 18.1 Å². The number of aryl methyl sites for hydroxylation is 2. The highest BCUT2D eigenvalue weighted by Crippen LogP contribution is 2.38. The van der Waals surface area contributed by atoms with E-state index in [2.05, 4.69) is 27.2 Å². The fourth-order valence-electron chi connectivity index (χ4n) is 3.11. The molecule has 0 bridgehead atoms. The number of urea groups is 1. The Balaban J connectivity index is 2.03. The normalized spacial score (nSPS) is 14.9. The number of carbonyl (C=O) groups excluding carboxylic acids is 3. The predicted molar refractivity (Wildman–Crippen MR) is 125 cm³/mol. The van der Waals surface area contributed by atoms with E-state index in [-0.39, 0.29) is 12.2 Å². The average Bonchev–Trinajstić information content (AvgIpc) is 2.73. The summed E-state index contributed by atoms with van der Waals surface area (Å²) in [6, 6.07) is 7.69. The lowest BCUT2D eigenvalue weighted by molar-refractivity contribution is -0.122. The second-order valence-corrected chi connectivity index (χ2v) is 7.84. The summed E-state index contributed by atoms with van der Waals surface area (Å²) in [5, 5.41) is 2.23. The molecule has 0 saturated carbocycles. The van der Waals surface area contributed by atoms with Gasteiger partial charge >= 0.3 is 6.03 Å². The number of nitrogens with one attached hydrogen (secondary N) is 1. The van der Waals surface area contributed by atoms with Crippen LogP contribution in [0.5, 0.6) is 11.5 Å². The minimum absolute atomic E-state index is 0.0487. The fourth-order valence-corrected chi connectivity index (χ4v) is 3.69. The van der Waals surface area contributed by atoms with Gasteiger partial charge in [0.25, 0.3) is 11.8 Å². The SMILES string of the molecule is C#CCOc1c(Br)cc(/C=C2\C(=O)NC(=O)N(c3ccc(C)c(C)c3)C2=O)cc1OCC. The maximum atomic E-state index is 13.1. The summed E-state index contributed by atoms with van der Waals surface area (Å²) in [5.74, 6) is 1.71. The van der Waals surface area contributed by atoms with Crippen LogP contribution in [0.2, 0.25) is 0 Å². The zero-order valence-electron chi connectivity index (χ0n) is 17.8. The van der Waals surface area contributed by atoms with Crippen molar-refractivity contribution in [3.63, 3.8) is 0 Å². The molecule has 1 N–H and O–H groups in total. The highest BCUT2D eigenvalue weighted by atomic mass is 79.9. The number of halogens is 1. The van der Waals surface area contributed by atoms with Gasteiger partial charge in [-0.2, -0.15) is 0 Å². The van der Waals surface area contributed by atoms with Crippen LogP contribution in [0.4, 0.5) is 10.5 Å². The zero-order valence-corrected chi connectivity index (χ0v) is 19.4. The van der Waals surface area contributed by atoms with Crippen molar-refractivity contribution in [3.05, 3.63) is 57.1 Å². The first kappa shape index (κ1) is 23.1. The summed E-state index contributed by atoms with van der Waals surface area (Å²) in [4.78, 5) is 39.0. The van der Waals surface area contributed by atoms with Crippen molar-refractivity contribution in [2.45, 2.75) is 20.8 Å². The van der Waals surface area contributed by atoms with Crippen LogP contribution < -0.4 is 19.7 Å². The third kappa shape index (κ3) is 4.68. The van der Waals surface area contributed by atoms with Gasteiger partial charge in [0.15, 0.2) is 11.5 Å². The molecule has 7 nitrogen and oxygen atoms in total. The van der Waals surface area contributed by atoms with Crippen molar-refractivity contribution in [1.29, 1.82) is 0 Å². The van der Waals surface area contributed by atoms with Crippen LogP contribution >= 0.6 is 15.9 Å². The van der Waals surface area contributed by atoms with E-state index in [0.29, 0.717) is 33.8 Å². The Morgan fingerprint density at radius 3 is 2.53 bits per heavy atom. The predicted octanol–water partition coefficient (Wildman–Crippen LogP) is 4.14. The van der Waals surface area contributed by atoms with E-state index in [0.717, 1.165) is 16.0 Å². The maximum absolute atomic E-state index is 13.1. The van der Waals surface area contributed by atoms with E-state index in [1.807, 2.05) is 26.8 Å². The standard InChI is InChI=1S/C24H21BrN2O5/c1-5-9-32-21-19(25)12-16(13-20(21)31-6-2)11-18-22(28)26-24(30)27(23(18)29)17-8-7-14(3)15(4)10-17/h1,7-8,10-13H,6,9H2,2-4H3,(H,26,28,30)/b18-11+. The number of hydrogen-bond acceptors (Lipinski definition) is 5. The highest BCUT2D eigenvalue weighted by Gasteiger charge is 2.37. The molecule has 164 valence electrons. The number of anilines is 1. The van der Waals surface area contributed by atoms with E-state index in [9.17, 15) is 14.4 Å². The van der Waals surface area contributed by atoms with Gasteiger partial charge in [-0.25, -0.2) is 9.69 Å². The molecule has 1 saturated heterocycles. The van der Waals surface area contributed by atoms with E-state index < -0.39 is 17.8 Å². The molecule has 4 amide bonds. The first-order valence-electron chi connectivity index (χ1n) is 9.78. The van der Waals surface area contributed by atoms with Crippen molar-refractivity contribution < 1.29 is 23.9 Å². The molecular formula is C24H21BrN2O5. The third-order valence-corrected chi connectivity index (χ3v) is 5.38. The smallest absolute Gasteiger partial charge is 0.335 e. The second kappa shape index (κ2) is 9.71. The van der Waals surface area contributed by atoms with Gasteiger partial charge in [0.2, 0.25) is 0 Å². The van der Waals surface area contributed by atoms with Crippen LogP contribution in [-0.4, -0.2) is 31.1 Å². The van der Waals surface area contributed by atoms with Gasteiger partial charge in [-0.1, -0.05) is 12.0 Å². The molecule has 32 heavy (non-hydrogen) atoms. The molecule has 2 aromatic rings. The molecule has 3 rings (SSSR count). The molecule has 1 fully saturated rings. The number of barbiturate groups is 1. The molecule has 1 aliphatic heterocycles. The molecule has 0 spiro atoms. The van der Waals surface area contributed by atoms with E-state index >= 15 is 0 Å². The molecule has 0 aromatic heterocycles. The summed E-state index contributed by atoms with van der Waals surface area (Å²) in [6.07, 6.45) is 6.67. The summed E-state index contributed by atoms with van der Waals surface area (Å²) >= 11 is 3.41. The molecule has 0 aliphatic carbocycles. The monoisotopic (exact) mass is 496 g/mol. The lowest BCUT2D eigenvalue weighted by Gasteiger charge is -2.27. The summed E-state index contributed by atoms with van der Waals surface area (Å²) in [5.41, 5.74) is 2.63. The first-order chi connectivity index (χ1) is 15.3. The maximum Gasteiger partial charge on any atom is 0.335 e. The fraction of sp³-hybridized carbons (Fsp3) is 0.208. The van der Waals surface area contributed by atoms with Crippen LogP contribution in [0.25, 0.3) is 6.08 Å². The van der Waals surface area contributed by atoms with Crippen molar-refractivity contribution in [1.82, 2.24) is 5.32 Å². The largest absolute Gasteiger partial charge is 0.490 e. The highest BCUT2D eigenvalue weighted by molar-refractivity contribution is 9.10. The molecule has 0 unspecified atom stereocenters. The Morgan fingerprint density at radius 2 is 1.88 bits per heavy atom. The molecule has 1 heterocycles. The molecule has 0 radical (unpaired) electrons. The second-order valence-electron chi connectivity index (χ2n) is 6.98. The van der Waals surface area contributed by atoms with Crippen LogP contribution in [-0.2, 0) is 9.59 Å². The summed E-state index contributed by atoms with van der Waals surface area (Å²) in [7, 11) is 0. The quantitative estimate of drug-likeness (QED) is 0.369. The van der Waals surface area contributed by atoms with Crippen LogP contribution in [0, 0.1) is 26.2 Å². The summed E-state index contributed by atoms with van der Waals surface area (Å²) < 4.78 is 11.7. The number of amides is 4. The zero-order chi connectivity index (χ0) is 23.4. The Morgan fingerprint density at radius 1 is 1.12 bits per heavy atom. The number of nitrogens with zero attached hydrogens (tertiary/aromatic N) is 1. The van der Waals surface area contributed by atoms with Gasteiger partial charge < -0.3 is 9.47 Å². The molecule has 2 aromatic carbocycles. The van der Waals surface area contributed by atoms with Gasteiger partial charge in [-0.15, -0.1) is 6.42 Å². The van der Waals surface area contributed by atoms with Gasteiger partial charge in [0, 0.05) is 0 Å². The molecule has 8 heteroatoms. The topological polar surface area (TPSA) is 84.9 Å². The van der Waals surface area contributed by atoms with E-state index in [1.54, 1.807) is 24.3 Å². The average molecular weight is 497 g/mol. The van der Waals surface area contributed by atoms with E-state index in [1.165, 1.54) is 6.08 Å². The lowest BCUT2D eigenvalue weighted by atomic mass is 10.0. The Labute approximate surface area is 194 Å². The number of hydrogen-bond donors (Lipinski definition) is 1. The van der Waals surface area contributed by atoms with Gasteiger partial charge in [0.1, 0.15) is 12.2 Å². The Kier molecular flexibility index (Phi) is 7.01. The number of terminal acetylenes is 1. The van der Waals surface area contributed by atoms with E-state index in [4.69, 9.17) is 15.9 Å². The minimum atomic E-state index is -0.797. The number of ether oxygens (including phenoxy) is 2. The molecular weight excluding hydrogens is 476 g/mol. The van der Waals surface area contributed by atoms with Crippen molar-refractivity contribution >= 4 is 45.5 Å². The van der Waals surface area contributed by atoms with Gasteiger partial charge in [-0.3, -0.25) is 14.9 Å². The van der Waals surface area contributed by atoms with Crippen molar-refractivity contribution in [3.8, 4) is 23.8 Å². The van der Waals surface area contributed by atoms with Crippen LogP contribution in [0.3, 0.4) is 0 Å². The summed E-state index contributed by atoms with van der Waals surface area (Å²) in [6.45, 7) is 6.04. The lowest BCUT2D eigenvalue weighted by Crippen LogP contribution is -2.54. The van der Waals surface area contributed by atoms with Gasteiger partial charge in [-0.05, 0) is 83.7 Å². The number of carbonyl (C=O) groups is 3. The Bertz CT molecular complexity index is 1180. The number of benzene rings is 2. The third-order valence-electron chi connectivity index (χ3n) is 4.79. The van der Waals surface area contributed by atoms with Crippen LogP contribution in [0.1, 0.15) is 23.6 Å². The number of rotatable bonds is 6.